The van der Waals surface area contributed by atoms with Crippen molar-refractivity contribution < 1.29 is 9.59 Å². The lowest BCUT2D eigenvalue weighted by molar-refractivity contribution is -0.139. The van der Waals surface area contributed by atoms with E-state index < -0.39 is 12.1 Å². The number of benzene rings is 2. The van der Waals surface area contributed by atoms with Gasteiger partial charge in [-0.2, -0.15) is 0 Å². The molecule has 33 heavy (non-hydrogen) atoms. The predicted molar refractivity (Wildman–Crippen MR) is 130 cm³/mol. The number of hydrogen-bond donors (Lipinski definition) is 4. The van der Waals surface area contributed by atoms with E-state index in [1.54, 1.807) is 4.90 Å². The van der Waals surface area contributed by atoms with E-state index in [2.05, 4.69) is 22.4 Å². The highest BCUT2D eigenvalue weighted by atomic mass is 16.2. The van der Waals surface area contributed by atoms with E-state index in [1.165, 1.54) is 0 Å². The molecule has 1 fully saturated rings. The van der Waals surface area contributed by atoms with Crippen molar-refractivity contribution in [3.8, 4) is 0 Å². The predicted octanol–water partition coefficient (Wildman–Crippen LogP) is 1.46. The van der Waals surface area contributed by atoms with Crippen LogP contribution < -0.4 is 22.5 Å². The highest BCUT2D eigenvalue weighted by molar-refractivity contribution is 5.90. The Kier molecular flexibility index (Phi) is 8.83. The number of carbonyl (C=O) groups is 2. The molecule has 0 bridgehead atoms. The van der Waals surface area contributed by atoms with Crippen LogP contribution in [0.25, 0.3) is 0 Å². The van der Waals surface area contributed by atoms with Gasteiger partial charge in [-0.3, -0.25) is 14.6 Å². The normalized spacial score (nSPS) is 17.2. The van der Waals surface area contributed by atoms with Crippen LogP contribution in [0, 0.1) is 0 Å². The molecule has 1 saturated heterocycles. The number of likely N-dealkylation sites (tertiary alicyclic amines) is 1. The minimum Gasteiger partial charge on any atom is -0.370 e. The van der Waals surface area contributed by atoms with Gasteiger partial charge < -0.3 is 27.4 Å². The monoisotopic (exact) mass is 450 g/mol. The van der Waals surface area contributed by atoms with Gasteiger partial charge in [-0.1, -0.05) is 60.7 Å². The molecule has 2 aromatic rings. The first kappa shape index (κ1) is 24.3. The first-order valence-electron chi connectivity index (χ1n) is 11.5. The van der Waals surface area contributed by atoms with E-state index in [1.807, 2.05) is 48.5 Å². The highest BCUT2D eigenvalue weighted by Crippen LogP contribution is 2.23. The van der Waals surface area contributed by atoms with Crippen LogP contribution in [0.3, 0.4) is 0 Å². The Labute approximate surface area is 195 Å². The van der Waals surface area contributed by atoms with E-state index in [9.17, 15) is 9.59 Å². The first-order valence-corrected chi connectivity index (χ1v) is 11.5. The number of aliphatic imine (C=N–C) groups is 1. The zero-order chi connectivity index (χ0) is 23.6. The van der Waals surface area contributed by atoms with Crippen LogP contribution in [0.2, 0.25) is 0 Å². The smallest absolute Gasteiger partial charge is 0.243 e. The fourth-order valence-electron chi connectivity index (χ4n) is 4.21. The summed E-state index contributed by atoms with van der Waals surface area (Å²) >= 11 is 0. The Morgan fingerprint density at radius 1 is 1.06 bits per heavy atom. The maximum absolute atomic E-state index is 13.3. The van der Waals surface area contributed by atoms with Gasteiger partial charge in [0, 0.05) is 13.1 Å². The van der Waals surface area contributed by atoms with E-state index in [0.717, 1.165) is 17.5 Å². The molecule has 7 N–H and O–H groups in total. The average Bonchev–Trinajstić information content (AvgIpc) is 3.32. The molecule has 2 aromatic carbocycles. The molecule has 3 atom stereocenters. The van der Waals surface area contributed by atoms with Gasteiger partial charge in [-0.25, -0.2) is 0 Å². The Morgan fingerprint density at radius 3 is 2.39 bits per heavy atom. The quantitative estimate of drug-likeness (QED) is 0.246. The first-order chi connectivity index (χ1) is 16.0. The van der Waals surface area contributed by atoms with Crippen LogP contribution in [-0.2, 0) is 16.0 Å². The second kappa shape index (κ2) is 12.0. The molecule has 176 valence electrons. The van der Waals surface area contributed by atoms with Gasteiger partial charge in [-0.15, -0.1) is 0 Å². The van der Waals surface area contributed by atoms with E-state index >= 15 is 0 Å². The van der Waals surface area contributed by atoms with Gasteiger partial charge in [0.05, 0.1) is 12.1 Å². The number of nitrogens with one attached hydrogen (secondary N) is 1. The summed E-state index contributed by atoms with van der Waals surface area (Å²) in [5.74, 6) is -0.315. The van der Waals surface area contributed by atoms with Crippen molar-refractivity contribution in [1.82, 2.24) is 10.2 Å². The number of amides is 2. The molecule has 0 saturated carbocycles. The van der Waals surface area contributed by atoms with Crippen molar-refractivity contribution >= 4 is 17.8 Å². The largest absolute Gasteiger partial charge is 0.370 e. The summed E-state index contributed by atoms with van der Waals surface area (Å²) in [6, 6.07) is 18.6. The molecular weight excluding hydrogens is 416 g/mol. The summed E-state index contributed by atoms with van der Waals surface area (Å²) in [6.07, 6.45) is 3.13. The molecule has 3 rings (SSSR count). The molecule has 8 nitrogen and oxygen atoms in total. The maximum Gasteiger partial charge on any atom is 0.243 e. The van der Waals surface area contributed by atoms with Gasteiger partial charge in [0.15, 0.2) is 5.96 Å². The van der Waals surface area contributed by atoms with Crippen molar-refractivity contribution in [3.05, 3.63) is 71.8 Å². The molecule has 1 aliphatic rings. The van der Waals surface area contributed by atoms with Gasteiger partial charge in [0.1, 0.15) is 6.04 Å². The van der Waals surface area contributed by atoms with Crippen LogP contribution in [0.15, 0.2) is 65.7 Å². The summed E-state index contributed by atoms with van der Waals surface area (Å²) in [7, 11) is 0. The van der Waals surface area contributed by atoms with Gasteiger partial charge in [-0.05, 0) is 43.2 Å². The van der Waals surface area contributed by atoms with E-state index in [4.69, 9.17) is 17.2 Å². The third kappa shape index (κ3) is 7.05. The van der Waals surface area contributed by atoms with Crippen LogP contribution >= 0.6 is 0 Å². The zero-order valence-electron chi connectivity index (χ0n) is 18.9. The Bertz CT molecular complexity index is 930. The van der Waals surface area contributed by atoms with Crippen molar-refractivity contribution in [2.75, 3.05) is 13.1 Å². The van der Waals surface area contributed by atoms with Gasteiger partial charge >= 0.3 is 0 Å². The lowest BCUT2D eigenvalue weighted by atomic mass is 9.98. The number of nitrogens with zero attached hydrogens (tertiary/aromatic N) is 2. The molecule has 8 heteroatoms. The van der Waals surface area contributed by atoms with Crippen LogP contribution in [0.1, 0.15) is 42.9 Å². The summed E-state index contributed by atoms with van der Waals surface area (Å²) in [5.41, 5.74) is 19.0. The third-order valence-electron chi connectivity index (χ3n) is 5.92. The number of nitrogens with two attached hydrogens (primary N) is 3. The topological polar surface area (TPSA) is 140 Å². The van der Waals surface area contributed by atoms with Gasteiger partial charge in [0.25, 0.3) is 0 Å². The van der Waals surface area contributed by atoms with Crippen molar-refractivity contribution in [1.29, 1.82) is 0 Å². The lowest BCUT2D eigenvalue weighted by Crippen LogP contribution is -2.51. The molecule has 1 heterocycles. The summed E-state index contributed by atoms with van der Waals surface area (Å²) in [4.78, 5) is 31.8. The minimum atomic E-state index is -0.679. The highest BCUT2D eigenvalue weighted by Gasteiger charge is 2.36. The van der Waals surface area contributed by atoms with Crippen molar-refractivity contribution in [2.45, 2.75) is 50.2 Å². The maximum atomic E-state index is 13.3. The molecular formula is C25H34N6O2. The molecule has 0 spiro atoms. The second-order valence-electron chi connectivity index (χ2n) is 8.41. The molecule has 0 aromatic heterocycles. The molecule has 1 aliphatic heterocycles. The molecule has 0 aliphatic carbocycles. The molecule has 0 radical (unpaired) electrons. The fourth-order valence-corrected chi connectivity index (χ4v) is 4.21. The van der Waals surface area contributed by atoms with Gasteiger partial charge in [0.2, 0.25) is 11.8 Å². The summed E-state index contributed by atoms with van der Waals surface area (Å²) in [6.45, 7) is 0.957. The Balaban J connectivity index is 1.65. The van der Waals surface area contributed by atoms with Crippen LogP contribution in [-0.4, -0.2) is 47.8 Å². The SMILES string of the molecule is NC(N)=NCCC[C@H](N)C(=O)N1CCC[C@H]1C(=O)N[C@@H](Cc1ccccc1)c1ccccc1. The second-order valence-corrected chi connectivity index (χ2v) is 8.41. The Hall–Kier alpha value is -3.39. The standard InChI is InChI=1S/C25H34N6O2/c26-20(13-7-15-29-25(27)28)24(33)31-16-8-14-22(31)23(32)30-21(19-11-5-2-6-12-19)17-18-9-3-1-4-10-18/h1-6,9-12,20-22H,7-8,13-17,26H2,(H,30,32)(H4,27,28,29)/t20-,21-,22-/m0/s1. The fraction of sp³-hybridized carbons (Fsp3) is 0.400. The molecule has 0 unspecified atom stereocenters. The lowest BCUT2D eigenvalue weighted by Gasteiger charge is -2.29. The van der Waals surface area contributed by atoms with E-state index in [0.29, 0.717) is 38.8 Å². The minimum absolute atomic E-state index is 0.0228. The number of rotatable bonds is 10. The Morgan fingerprint density at radius 2 is 1.73 bits per heavy atom. The zero-order valence-corrected chi connectivity index (χ0v) is 18.9. The summed E-state index contributed by atoms with van der Waals surface area (Å²) < 4.78 is 0. The number of carbonyl (C=O) groups excluding carboxylic acids is 2. The molecule has 2 amide bonds. The van der Waals surface area contributed by atoms with Crippen molar-refractivity contribution in [2.24, 2.45) is 22.2 Å². The third-order valence-corrected chi connectivity index (χ3v) is 5.92. The number of hydrogen-bond acceptors (Lipinski definition) is 4. The van der Waals surface area contributed by atoms with Crippen LogP contribution in [0.4, 0.5) is 0 Å². The van der Waals surface area contributed by atoms with E-state index in [-0.39, 0.29) is 23.8 Å². The number of guanidine groups is 1. The summed E-state index contributed by atoms with van der Waals surface area (Å²) in [5, 5.41) is 3.19. The average molecular weight is 451 g/mol. The van der Waals surface area contributed by atoms with Crippen LogP contribution in [0.5, 0.6) is 0 Å². The van der Waals surface area contributed by atoms with Crippen molar-refractivity contribution in [3.63, 3.8) is 0 Å².